The van der Waals surface area contributed by atoms with Gasteiger partial charge in [0, 0.05) is 18.5 Å². The van der Waals surface area contributed by atoms with E-state index in [1.54, 1.807) is 29.6 Å². The van der Waals surface area contributed by atoms with Crippen LogP contribution in [0, 0.1) is 0 Å². The number of carbonyl (C=O) groups excluding carboxylic acids is 1. The molecule has 0 saturated heterocycles. The summed E-state index contributed by atoms with van der Waals surface area (Å²) in [6, 6.07) is 12.5. The highest BCUT2D eigenvalue weighted by Crippen LogP contribution is 2.24. The molecule has 0 radical (unpaired) electrons. The van der Waals surface area contributed by atoms with Gasteiger partial charge < -0.3 is 14.1 Å². The molecule has 0 bridgehead atoms. The van der Waals surface area contributed by atoms with Gasteiger partial charge in [-0.15, -0.1) is 11.3 Å². The van der Waals surface area contributed by atoms with E-state index < -0.39 is 0 Å². The topological polar surface area (TPSA) is 55.6 Å². The first kappa shape index (κ1) is 14.3. The van der Waals surface area contributed by atoms with E-state index in [9.17, 15) is 4.79 Å². The summed E-state index contributed by atoms with van der Waals surface area (Å²) in [5.74, 6) is 0.975. The minimum atomic E-state index is -0.212. The molecule has 0 aliphatic heterocycles. The molecule has 0 unspecified atom stereocenters. The van der Waals surface area contributed by atoms with Gasteiger partial charge in [0.1, 0.15) is 5.75 Å². The van der Waals surface area contributed by atoms with Gasteiger partial charge in [-0.1, -0.05) is 18.2 Å². The number of hydrogen-bond acceptors (Lipinski definition) is 5. The van der Waals surface area contributed by atoms with Crippen LogP contribution in [-0.2, 0) is 6.54 Å². The molecule has 0 spiro atoms. The van der Waals surface area contributed by atoms with Gasteiger partial charge in [-0.05, 0) is 18.2 Å². The van der Waals surface area contributed by atoms with Crippen molar-refractivity contribution in [3.05, 3.63) is 64.8 Å². The van der Waals surface area contributed by atoms with Crippen LogP contribution in [0.4, 0.5) is 0 Å². The Kier molecular flexibility index (Phi) is 4.20. The molecule has 1 amide bonds. The van der Waals surface area contributed by atoms with E-state index in [2.05, 4.69) is 4.98 Å². The summed E-state index contributed by atoms with van der Waals surface area (Å²) >= 11 is 1.50. The largest absolute Gasteiger partial charge is 0.426 e. The Hall–Kier alpha value is -2.60. The first-order valence-corrected chi connectivity index (χ1v) is 7.62. The third-order valence-corrected chi connectivity index (χ3v) is 3.62. The molecule has 112 valence electrons. The minimum absolute atomic E-state index is 0.212. The normalized spacial score (nSPS) is 10.4. The van der Waals surface area contributed by atoms with Crippen LogP contribution in [0.1, 0.15) is 16.2 Å². The van der Waals surface area contributed by atoms with Crippen LogP contribution in [-0.4, -0.2) is 22.8 Å². The molecule has 2 heterocycles. The highest BCUT2D eigenvalue weighted by Gasteiger charge is 2.17. The Morgan fingerprint density at radius 2 is 2.09 bits per heavy atom. The number of furan rings is 1. The summed E-state index contributed by atoms with van der Waals surface area (Å²) in [5.41, 5.74) is 2.60. The van der Waals surface area contributed by atoms with E-state index in [0.29, 0.717) is 12.3 Å². The van der Waals surface area contributed by atoms with E-state index in [4.69, 9.17) is 9.15 Å². The maximum Gasteiger partial charge on any atom is 0.290 e. The zero-order chi connectivity index (χ0) is 15.4. The van der Waals surface area contributed by atoms with Gasteiger partial charge in [-0.25, -0.2) is 4.98 Å². The molecule has 22 heavy (non-hydrogen) atoms. The lowest BCUT2D eigenvalue weighted by Crippen LogP contribution is -2.25. The standard InChI is InChI=1S/C16H14N2O3S/c1-18(9-12-10-22-11-17-12)16(19)14-7-8-15(21-14)20-13-5-3-2-4-6-13/h2-8,10-11H,9H2,1H3. The summed E-state index contributed by atoms with van der Waals surface area (Å²) in [6.07, 6.45) is 0. The summed E-state index contributed by atoms with van der Waals surface area (Å²) in [5, 5.41) is 1.91. The van der Waals surface area contributed by atoms with Crippen molar-refractivity contribution in [2.24, 2.45) is 0 Å². The summed E-state index contributed by atoms with van der Waals surface area (Å²) < 4.78 is 11.0. The molecular formula is C16H14N2O3S. The van der Waals surface area contributed by atoms with Crippen molar-refractivity contribution >= 4 is 17.2 Å². The van der Waals surface area contributed by atoms with Gasteiger partial charge in [-0.3, -0.25) is 4.79 Å². The predicted molar refractivity (Wildman–Crippen MR) is 83.1 cm³/mol. The van der Waals surface area contributed by atoms with E-state index >= 15 is 0 Å². The number of aromatic nitrogens is 1. The molecule has 0 fully saturated rings. The second kappa shape index (κ2) is 6.44. The average Bonchev–Trinajstić information content (AvgIpc) is 3.19. The van der Waals surface area contributed by atoms with Gasteiger partial charge in [-0.2, -0.15) is 0 Å². The van der Waals surface area contributed by atoms with Crippen molar-refractivity contribution in [3.63, 3.8) is 0 Å². The van der Waals surface area contributed by atoms with Crippen LogP contribution in [0.15, 0.2) is 57.8 Å². The predicted octanol–water partition coefficient (Wildman–Crippen LogP) is 3.80. The Morgan fingerprint density at radius 3 is 2.82 bits per heavy atom. The molecule has 2 aromatic heterocycles. The van der Waals surface area contributed by atoms with Gasteiger partial charge in [0.15, 0.2) is 5.76 Å². The summed E-state index contributed by atoms with van der Waals surface area (Å²) in [4.78, 5) is 18.0. The molecule has 5 nitrogen and oxygen atoms in total. The molecule has 6 heteroatoms. The van der Waals surface area contributed by atoms with Crippen LogP contribution >= 0.6 is 11.3 Å². The molecule has 3 rings (SSSR count). The second-order valence-corrected chi connectivity index (χ2v) is 5.39. The van der Waals surface area contributed by atoms with Crippen molar-refractivity contribution in [1.29, 1.82) is 0 Å². The average molecular weight is 314 g/mol. The molecule has 1 aromatic carbocycles. The smallest absolute Gasteiger partial charge is 0.290 e. The Labute approximate surface area is 131 Å². The first-order chi connectivity index (χ1) is 10.7. The number of rotatable bonds is 5. The van der Waals surface area contributed by atoms with E-state index in [0.717, 1.165) is 5.69 Å². The Bertz CT molecular complexity index is 738. The van der Waals surface area contributed by atoms with Crippen molar-refractivity contribution < 1.29 is 13.9 Å². The fourth-order valence-corrected chi connectivity index (χ4v) is 2.46. The van der Waals surface area contributed by atoms with Crippen molar-refractivity contribution in [2.75, 3.05) is 7.05 Å². The van der Waals surface area contributed by atoms with E-state index in [-0.39, 0.29) is 17.6 Å². The zero-order valence-electron chi connectivity index (χ0n) is 11.9. The Balaban J connectivity index is 1.66. The number of nitrogens with zero attached hydrogens (tertiary/aromatic N) is 2. The number of benzene rings is 1. The van der Waals surface area contributed by atoms with Crippen molar-refractivity contribution in [1.82, 2.24) is 9.88 Å². The number of ether oxygens (including phenoxy) is 1. The van der Waals surface area contributed by atoms with Crippen LogP contribution in [0.5, 0.6) is 11.7 Å². The zero-order valence-corrected chi connectivity index (χ0v) is 12.7. The fraction of sp³-hybridized carbons (Fsp3) is 0.125. The molecule has 0 aliphatic carbocycles. The number of amides is 1. The SMILES string of the molecule is CN(Cc1cscn1)C(=O)c1ccc(Oc2ccccc2)o1. The monoisotopic (exact) mass is 314 g/mol. The lowest BCUT2D eigenvalue weighted by molar-refractivity contribution is 0.0747. The number of hydrogen-bond donors (Lipinski definition) is 0. The first-order valence-electron chi connectivity index (χ1n) is 6.67. The highest BCUT2D eigenvalue weighted by atomic mass is 32.1. The molecule has 0 saturated carbocycles. The number of para-hydroxylation sites is 1. The quantitative estimate of drug-likeness (QED) is 0.719. The van der Waals surface area contributed by atoms with E-state index in [1.807, 2.05) is 35.7 Å². The summed E-state index contributed by atoms with van der Waals surface area (Å²) in [6.45, 7) is 0.442. The lowest BCUT2D eigenvalue weighted by Gasteiger charge is -2.13. The van der Waals surface area contributed by atoms with Crippen LogP contribution in [0.2, 0.25) is 0 Å². The van der Waals surface area contributed by atoms with Crippen LogP contribution in [0.3, 0.4) is 0 Å². The van der Waals surface area contributed by atoms with E-state index in [1.165, 1.54) is 11.3 Å². The lowest BCUT2D eigenvalue weighted by atomic mass is 10.3. The molecule has 0 N–H and O–H groups in total. The maximum absolute atomic E-state index is 12.3. The summed E-state index contributed by atoms with van der Waals surface area (Å²) in [7, 11) is 1.71. The van der Waals surface area contributed by atoms with Crippen molar-refractivity contribution in [3.8, 4) is 11.7 Å². The molecule has 3 aromatic rings. The molecular weight excluding hydrogens is 300 g/mol. The van der Waals surface area contributed by atoms with Crippen LogP contribution in [0.25, 0.3) is 0 Å². The highest BCUT2D eigenvalue weighted by molar-refractivity contribution is 7.07. The Morgan fingerprint density at radius 1 is 1.27 bits per heavy atom. The van der Waals surface area contributed by atoms with Gasteiger partial charge in [0.05, 0.1) is 17.7 Å². The molecule has 0 atom stereocenters. The number of carbonyl (C=O) groups is 1. The maximum atomic E-state index is 12.3. The fourth-order valence-electron chi connectivity index (χ4n) is 1.91. The third kappa shape index (κ3) is 3.35. The van der Waals surface area contributed by atoms with Gasteiger partial charge in [0.25, 0.3) is 11.9 Å². The van der Waals surface area contributed by atoms with Crippen molar-refractivity contribution in [2.45, 2.75) is 6.54 Å². The molecule has 0 aliphatic rings. The minimum Gasteiger partial charge on any atom is -0.426 e. The number of thiazole rings is 1. The second-order valence-electron chi connectivity index (χ2n) is 4.67. The van der Waals surface area contributed by atoms with Gasteiger partial charge in [0.2, 0.25) is 0 Å². The van der Waals surface area contributed by atoms with Gasteiger partial charge >= 0.3 is 0 Å². The van der Waals surface area contributed by atoms with Crippen LogP contribution < -0.4 is 4.74 Å². The third-order valence-electron chi connectivity index (χ3n) is 2.98.